The van der Waals surface area contributed by atoms with E-state index < -0.39 is 0 Å². The van der Waals surface area contributed by atoms with Crippen LogP contribution >= 0.6 is 39.1 Å². The van der Waals surface area contributed by atoms with Gasteiger partial charge in [-0.2, -0.15) is 0 Å². The Morgan fingerprint density at radius 2 is 1.95 bits per heavy atom. The molecule has 0 bridgehead atoms. The Labute approximate surface area is 137 Å². The zero-order valence-electron chi connectivity index (χ0n) is 10.9. The normalized spacial score (nSPS) is 10.4. The number of halogens is 3. The van der Waals surface area contributed by atoms with E-state index in [1.807, 2.05) is 31.2 Å². The summed E-state index contributed by atoms with van der Waals surface area (Å²) in [6.45, 7) is 3.20. The third kappa shape index (κ3) is 4.05. The van der Waals surface area contributed by atoms with E-state index >= 15 is 0 Å². The molecule has 1 N–H and O–H groups in total. The van der Waals surface area contributed by atoms with E-state index in [1.54, 1.807) is 12.1 Å². The quantitative estimate of drug-likeness (QED) is 0.717. The van der Waals surface area contributed by atoms with Crippen LogP contribution in [-0.2, 0) is 6.54 Å². The van der Waals surface area contributed by atoms with E-state index in [4.69, 9.17) is 27.9 Å². The van der Waals surface area contributed by atoms with Crippen molar-refractivity contribution < 1.29 is 4.74 Å². The van der Waals surface area contributed by atoms with Gasteiger partial charge in [0.05, 0.1) is 17.3 Å². The van der Waals surface area contributed by atoms with Crippen molar-refractivity contribution in [2.45, 2.75) is 13.5 Å². The van der Waals surface area contributed by atoms with Crippen molar-refractivity contribution in [1.29, 1.82) is 0 Å². The van der Waals surface area contributed by atoms with Crippen molar-refractivity contribution in [3.05, 3.63) is 56.5 Å². The van der Waals surface area contributed by atoms with E-state index in [0.29, 0.717) is 23.2 Å². The molecule has 0 aliphatic carbocycles. The highest BCUT2D eigenvalue weighted by Gasteiger charge is 2.06. The second kappa shape index (κ2) is 7.21. The lowest BCUT2D eigenvalue weighted by Crippen LogP contribution is -2.03. The summed E-state index contributed by atoms with van der Waals surface area (Å²) in [5.41, 5.74) is 1.86. The summed E-state index contributed by atoms with van der Waals surface area (Å²) in [7, 11) is 0. The molecule has 0 aliphatic heterocycles. The number of anilines is 1. The number of nitrogens with one attached hydrogen (secondary N) is 1. The predicted octanol–water partition coefficient (Wildman–Crippen LogP) is 5.77. The van der Waals surface area contributed by atoms with E-state index in [1.165, 1.54) is 0 Å². The first-order valence-corrected chi connectivity index (χ1v) is 7.75. The Bertz CT molecular complexity index is 604. The fourth-order valence-corrected chi connectivity index (χ4v) is 2.57. The molecule has 0 spiro atoms. The highest BCUT2D eigenvalue weighted by Crippen LogP contribution is 2.28. The first-order chi connectivity index (χ1) is 9.60. The third-order valence-corrected chi connectivity index (χ3v) is 3.78. The summed E-state index contributed by atoms with van der Waals surface area (Å²) in [5, 5.41) is 4.57. The van der Waals surface area contributed by atoms with Crippen LogP contribution in [0.3, 0.4) is 0 Å². The van der Waals surface area contributed by atoms with Gasteiger partial charge >= 0.3 is 0 Å². The molecular weight excluding hydrogens is 361 g/mol. The standard InChI is InChI=1S/C15H14BrCl2NO/c1-2-20-15-6-3-11(16)7-10(15)9-19-14-8-12(17)4-5-13(14)18/h3-8,19H,2,9H2,1H3. The van der Waals surface area contributed by atoms with Crippen molar-refractivity contribution in [2.75, 3.05) is 11.9 Å². The van der Waals surface area contributed by atoms with Crippen LogP contribution in [0.1, 0.15) is 12.5 Å². The maximum absolute atomic E-state index is 6.13. The van der Waals surface area contributed by atoms with Crippen LogP contribution in [0.4, 0.5) is 5.69 Å². The van der Waals surface area contributed by atoms with E-state index in [2.05, 4.69) is 21.2 Å². The summed E-state index contributed by atoms with van der Waals surface area (Å²) in [5.74, 6) is 0.862. The highest BCUT2D eigenvalue weighted by molar-refractivity contribution is 9.10. The highest BCUT2D eigenvalue weighted by atomic mass is 79.9. The molecule has 2 nitrogen and oxygen atoms in total. The van der Waals surface area contributed by atoms with Gasteiger partial charge in [0.1, 0.15) is 5.75 Å². The van der Waals surface area contributed by atoms with Crippen LogP contribution in [-0.4, -0.2) is 6.61 Å². The number of hydrogen-bond donors (Lipinski definition) is 1. The minimum absolute atomic E-state index is 0.606. The molecule has 0 unspecified atom stereocenters. The molecule has 2 rings (SSSR count). The van der Waals surface area contributed by atoms with E-state index in [9.17, 15) is 0 Å². The van der Waals surface area contributed by atoms with Crippen molar-refractivity contribution in [3.63, 3.8) is 0 Å². The molecule has 0 aromatic heterocycles. The summed E-state index contributed by atoms with van der Waals surface area (Å²) < 4.78 is 6.62. The first-order valence-electron chi connectivity index (χ1n) is 6.20. The molecule has 2 aromatic rings. The molecule has 5 heteroatoms. The molecule has 0 aliphatic rings. The van der Waals surface area contributed by atoms with Crippen molar-refractivity contribution in [2.24, 2.45) is 0 Å². The molecule has 0 saturated heterocycles. The molecule has 0 heterocycles. The Balaban J connectivity index is 2.17. The second-order valence-electron chi connectivity index (χ2n) is 4.16. The van der Waals surface area contributed by atoms with E-state index in [0.717, 1.165) is 21.5 Å². The summed E-state index contributed by atoms with van der Waals surface area (Å²) in [6.07, 6.45) is 0. The van der Waals surface area contributed by atoms with Crippen LogP contribution in [0.5, 0.6) is 5.75 Å². The number of ether oxygens (including phenoxy) is 1. The molecule has 0 amide bonds. The van der Waals surface area contributed by atoms with Crippen LogP contribution < -0.4 is 10.1 Å². The summed E-state index contributed by atoms with van der Waals surface area (Å²) >= 11 is 15.6. The number of hydrogen-bond acceptors (Lipinski definition) is 2. The van der Waals surface area contributed by atoms with E-state index in [-0.39, 0.29) is 0 Å². The smallest absolute Gasteiger partial charge is 0.124 e. The Hall–Kier alpha value is -0.900. The van der Waals surface area contributed by atoms with Gasteiger partial charge in [0, 0.05) is 21.6 Å². The summed E-state index contributed by atoms with van der Waals surface area (Å²) in [4.78, 5) is 0. The van der Waals surface area contributed by atoms with Gasteiger partial charge in [-0.3, -0.25) is 0 Å². The summed E-state index contributed by atoms with van der Waals surface area (Å²) in [6, 6.07) is 11.3. The average molecular weight is 375 g/mol. The van der Waals surface area contributed by atoms with Crippen LogP contribution in [0.2, 0.25) is 10.0 Å². The molecule has 0 fully saturated rings. The molecule has 2 aromatic carbocycles. The minimum Gasteiger partial charge on any atom is -0.494 e. The monoisotopic (exact) mass is 373 g/mol. The topological polar surface area (TPSA) is 21.3 Å². The van der Waals surface area contributed by atoms with Gasteiger partial charge < -0.3 is 10.1 Å². The molecule has 106 valence electrons. The van der Waals surface area contributed by atoms with Gasteiger partial charge in [-0.05, 0) is 43.3 Å². The minimum atomic E-state index is 0.606. The zero-order valence-corrected chi connectivity index (χ0v) is 14.0. The van der Waals surface area contributed by atoms with Crippen molar-refractivity contribution >= 4 is 44.8 Å². The average Bonchev–Trinajstić information content (AvgIpc) is 2.42. The molecule has 0 radical (unpaired) electrons. The van der Waals surface area contributed by atoms with Gasteiger partial charge in [-0.25, -0.2) is 0 Å². The lowest BCUT2D eigenvalue weighted by molar-refractivity contribution is 0.337. The SMILES string of the molecule is CCOc1ccc(Br)cc1CNc1cc(Cl)ccc1Cl. The number of benzene rings is 2. The lowest BCUT2D eigenvalue weighted by Gasteiger charge is -2.13. The molecular formula is C15H14BrCl2NO. The maximum atomic E-state index is 6.13. The van der Waals surface area contributed by atoms with Crippen LogP contribution in [0, 0.1) is 0 Å². The molecule has 0 atom stereocenters. The number of rotatable bonds is 5. The van der Waals surface area contributed by atoms with Gasteiger partial charge in [-0.1, -0.05) is 39.1 Å². The fourth-order valence-electron chi connectivity index (χ4n) is 1.81. The Kier molecular flexibility index (Phi) is 5.58. The zero-order chi connectivity index (χ0) is 14.5. The maximum Gasteiger partial charge on any atom is 0.124 e. The second-order valence-corrected chi connectivity index (χ2v) is 5.92. The lowest BCUT2D eigenvalue weighted by atomic mass is 10.2. The van der Waals surface area contributed by atoms with Crippen molar-refractivity contribution in [1.82, 2.24) is 0 Å². The van der Waals surface area contributed by atoms with Crippen LogP contribution in [0.25, 0.3) is 0 Å². The predicted molar refractivity (Wildman–Crippen MR) is 89.1 cm³/mol. The molecule has 20 heavy (non-hydrogen) atoms. The van der Waals surface area contributed by atoms with Gasteiger partial charge in [0.15, 0.2) is 0 Å². The van der Waals surface area contributed by atoms with Gasteiger partial charge in [0.2, 0.25) is 0 Å². The molecule has 0 saturated carbocycles. The van der Waals surface area contributed by atoms with Crippen LogP contribution in [0.15, 0.2) is 40.9 Å². The third-order valence-electron chi connectivity index (χ3n) is 2.72. The van der Waals surface area contributed by atoms with Gasteiger partial charge in [0.25, 0.3) is 0 Å². The Morgan fingerprint density at radius 1 is 1.15 bits per heavy atom. The van der Waals surface area contributed by atoms with Crippen molar-refractivity contribution in [3.8, 4) is 5.75 Å². The van der Waals surface area contributed by atoms with Gasteiger partial charge in [-0.15, -0.1) is 0 Å². The first kappa shape index (κ1) is 15.5. The fraction of sp³-hybridized carbons (Fsp3) is 0.200. The Morgan fingerprint density at radius 3 is 2.70 bits per heavy atom. The largest absolute Gasteiger partial charge is 0.494 e.